The van der Waals surface area contributed by atoms with Crippen LogP contribution in [-0.4, -0.2) is 10.2 Å². The Bertz CT molecular complexity index is 492. The third-order valence-electron chi connectivity index (χ3n) is 2.32. The molecule has 0 unspecified atom stereocenters. The van der Waals surface area contributed by atoms with Crippen molar-refractivity contribution >= 4 is 11.8 Å². The van der Waals surface area contributed by atoms with Gasteiger partial charge in [-0.05, 0) is 44.5 Å². The Kier molecular flexibility index (Phi) is 3.25. The minimum atomic E-state index is 0.942. The normalized spacial score (nSPS) is 10.4. The van der Waals surface area contributed by atoms with Crippen molar-refractivity contribution in [2.45, 2.75) is 30.7 Å². The van der Waals surface area contributed by atoms with Gasteiger partial charge in [0.25, 0.3) is 0 Å². The minimum Gasteiger partial charge on any atom is -0.155 e. The summed E-state index contributed by atoms with van der Waals surface area (Å²) in [6, 6.07) is 10.4. The number of hydrogen-bond acceptors (Lipinski definition) is 3. The second-order valence-electron chi connectivity index (χ2n) is 3.88. The quantitative estimate of drug-likeness (QED) is 0.789. The van der Waals surface area contributed by atoms with Crippen LogP contribution in [0.25, 0.3) is 0 Å². The predicted molar refractivity (Wildman–Crippen MR) is 66.8 cm³/mol. The van der Waals surface area contributed by atoms with Crippen molar-refractivity contribution < 1.29 is 0 Å². The fourth-order valence-corrected chi connectivity index (χ4v) is 2.27. The van der Waals surface area contributed by atoms with E-state index in [-0.39, 0.29) is 0 Å². The molecule has 0 radical (unpaired) electrons. The zero-order valence-corrected chi connectivity index (χ0v) is 10.5. The maximum atomic E-state index is 4.15. The second-order valence-corrected chi connectivity index (χ2v) is 4.95. The van der Waals surface area contributed by atoms with Crippen LogP contribution in [0, 0.1) is 20.8 Å². The van der Waals surface area contributed by atoms with Crippen LogP contribution in [0.5, 0.6) is 0 Å². The fraction of sp³-hybridized carbons (Fsp3) is 0.231. The van der Waals surface area contributed by atoms with E-state index in [1.165, 1.54) is 16.0 Å². The zero-order valence-electron chi connectivity index (χ0n) is 9.69. The Morgan fingerprint density at radius 2 is 1.75 bits per heavy atom. The van der Waals surface area contributed by atoms with Crippen LogP contribution >= 0.6 is 11.8 Å². The van der Waals surface area contributed by atoms with Crippen molar-refractivity contribution in [3.8, 4) is 0 Å². The summed E-state index contributed by atoms with van der Waals surface area (Å²) < 4.78 is 0. The first-order chi connectivity index (χ1) is 7.65. The van der Waals surface area contributed by atoms with Gasteiger partial charge in [-0.25, -0.2) is 0 Å². The van der Waals surface area contributed by atoms with E-state index in [2.05, 4.69) is 42.2 Å². The molecular formula is C13H14N2S. The molecule has 0 atom stereocenters. The molecule has 16 heavy (non-hydrogen) atoms. The van der Waals surface area contributed by atoms with Gasteiger partial charge >= 0.3 is 0 Å². The SMILES string of the molecule is Cc1ccc(Sc2ccc(C)nn2)c(C)c1. The molecular weight excluding hydrogens is 216 g/mol. The number of hydrogen-bond donors (Lipinski definition) is 0. The largest absolute Gasteiger partial charge is 0.155 e. The average molecular weight is 230 g/mol. The summed E-state index contributed by atoms with van der Waals surface area (Å²) in [7, 11) is 0. The van der Waals surface area contributed by atoms with Crippen LogP contribution in [0.3, 0.4) is 0 Å². The molecule has 2 nitrogen and oxygen atoms in total. The molecule has 0 bridgehead atoms. The van der Waals surface area contributed by atoms with E-state index in [9.17, 15) is 0 Å². The molecule has 2 rings (SSSR count). The Morgan fingerprint density at radius 1 is 0.938 bits per heavy atom. The molecule has 0 aliphatic rings. The molecule has 0 fully saturated rings. The summed E-state index contributed by atoms with van der Waals surface area (Å²) in [5.41, 5.74) is 3.52. The first-order valence-corrected chi connectivity index (χ1v) is 6.02. The van der Waals surface area contributed by atoms with Crippen molar-refractivity contribution in [1.82, 2.24) is 10.2 Å². The van der Waals surface area contributed by atoms with Crippen LogP contribution < -0.4 is 0 Å². The van der Waals surface area contributed by atoms with E-state index in [1.807, 2.05) is 19.1 Å². The predicted octanol–water partition coefficient (Wildman–Crippen LogP) is 3.55. The average Bonchev–Trinajstić information content (AvgIpc) is 2.25. The third kappa shape index (κ3) is 2.61. The van der Waals surface area contributed by atoms with Crippen molar-refractivity contribution in [2.24, 2.45) is 0 Å². The number of aryl methyl sites for hydroxylation is 3. The van der Waals surface area contributed by atoms with Gasteiger partial charge in [0, 0.05) is 4.90 Å². The smallest absolute Gasteiger partial charge is 0.124 e. The van der Waals surface area contributed by atoms with Gasteiger partial charge in [-0.2, -0.15) is 5.10 Å². The molecule has 0 amide bonds. The van der Waals surface area contributed by atoms with Crippen molar-refractivity contribution in [3.63, 3.8) is 0 Å². The highest BCUT2D eigenvalue weighted by Gasteiger charge is 2.02. The topological polar surface area (TPSA) is 25.8 Å². The fourth-order valence-electron chi connectivity index (χ4n) is 1.47. The summed E-state index contributed by atoms with van der Waals surface area (Å²) in [5, 5.41) is 9.14. The van der Waals surface area contributed by atoms with E-state index in [0.717, 1.165) is 10.7 Å². The van der Waals surface area contributed by atoms with Crippen LogP contribution in [-0.2, 0) is 0 Å². The lowest BCUT2D eigenvalue weighted by atomic mass is 10.2. The lowest BCUT2D eigenvalue weighted by Crippen LogP contribution is -1.88. The van der Waals surface area contributed by atoms with Crippen LogP contribution in [0.4, 0.5) is 0 Å². The van der Waals surface area contributed by atoms with E-state index < -0.39 is 0 Å². The van der Waals surface area contributed by atoms with E-state index in [0.29, 0.717) is 0 Å². The Hall–Kier alpha value is -1.35. The molecule has 0 aliphatic heterocycles. The number of nitrogens with zero attached hydrogens (tertiary/aromatic N) is 2. The second kappa shape index (κ2) is 4.66. The standard InChI is InChI=1S/C13H14N2S/c1-9-4-6-12(10(2)8-9)16-13-7-5-11(3)14-15-13/h4-8H,1-3H3. The van der Waals surface area contributed by atoms with E-state index in [4.69, 9.17) is 0 Å². The summed E-state index contributed by atoms with van der Waals surface area (Å²) >= 11 is 1.66. The molecule has 0 saturated carbocycles. The van der Waals surface area contributed by atoms with Crippen LogP contribution in [0.1, 0.15) is 16.8 Å². The van der Waals surface area contributed by atoms with E-state index in [1.54, 1.807) is 11.8 Å². The Morgan fingerprint density at radius 3 is 2.38 bits per heavy atom. The molecule has 1 heterocycles. The highest BCUT2D eigenvalue weighted by atomic mass is 32.2. The van der Waals surface area contributed by atoms with Crippen LogP contribution in [0.2, 0.25) is 0 Å². The van der Waals surface area contributed by atoms with Crippen LogP contribution in [0.15, 0.2) is 40.3 Å². The number of aromatic nitrogens is 2. The van der Waals surface area contributed by atoms with E-state index >= 15 is 0 Å². The maximum Gasteiger partial charge on any atom is 0.124 e. The molecule has 1 aromatic carbocycles. The first kappa shape index (κ1) is 11.1. The van der Waals surface area contributed by atoms with Crippen molar-refractivity contribution in [3.05, 3.63) is 47.2 Å². The van der Waals surface area contributed by atoms with Gasteiger partial charge in [0.1, 0.15) is 5.03 Å². The van der Waals surface area contributed by atoms with Crippen molar-refractivity contribution in [1.29, 1.82) is 0 Å². The highest BCUT2D eigenvalue weighted by molar-refractivity contribution is 7.99. The number of rotatable bonds is 2. The molecule has 3 heteroatoms. The van der Waals surface area contributed by atoms with Crippen molar-refractivity contribution in [2.75, 3.05) is 0 Å². The van der Waals surface area contributed by atoms with Gasteiger partial charge in [-0.15, -0.1) is 5.10 Å². The van der Waals surface area contributed by atoms with Gasteiger partial charge in [-0.3, -0.25) is 0 Å². The lowest BCUT2D eigenvalue weighted by Gasteiger charge is -2.05. The highest BCUT2D eigenvalue weighted by Crippen LogP contribution is 2.28. The summed E-state index contributed by atoms with van der Waals surface area (Å²) in [6.07, 6.45) is 0. The molecule has 0 aliphatic carbocycles. The van der Waals surface area contributed by atoms with Gasteiger partial charge in [0.05, 0.1) is 5.69 Å². The van der Waals surface area contributed by atoms with Gasteiger partial charge in [-0.1, -0.05) is 29.5 Å². The monoisotopic (exact) mass is 230 g/mol. The number of benzene rings is 1. The summed E-state index contributed by atoms with van der Waals surface area (Å²) in [5.74, 6) is 0. The lowest BCUT2D eigenvalue weighted by molar-refractivity contribution is 0.895. The maximum absolute atomic E-state index is 4.15. The minimum absolute atomic E-state index is 0.942. The molecule has 82 valence electrons. The Labute approximate surface area is 100 Å². The molecule has 2 aromatic rings. The summed E-state index contributed by atoms with van der Waals surface area (Å²) in [4.78, 5) is 1.24. The van der Waals surface area contributed by atoms with Gasteiger partial charge in [0.15, 0.2) is 0 Å². The van der Waals surface area contributed by atoms with Gasteiger partial charge in [0.2, 0.25) is 0 Å². The zero-order chi connectivity index (χ0) is 11.5. The van der Waals surface area contributed by atoms with Gasteiger partial charge < -0.3 is 0 Å². The molecule has 1 aromatic heterocycles. The Balaban J connectivity index is 2.23. The molecule has 0 spiro atoms. The summed E-state index contributed by atoms with van der Waals surface area (Å²) in [6.45, 7) is 6.17. The molecule has 0 N–H and O–H groups in total. The molecule has 0 saturated heterocycles. The first-order valence-electron chi connectivity index (χ1n) is 5.20. The third-order valence-corrected chi connectivity index (χ3v) is 3.42.